The number of alkyl halides is 3. The van der Waals surface area contributed by atoms with Gasteiger partial charge in [-0.25, -0.2) is 0 Å². The summed E-state index contributed by atoms with van der Waals surface area (Å²) in [6.45, 7) is 1.05. The summed E-state index contributed by atoms with van der Waals surface area (Å²) in [5.41, 5.74) is 5.29. The monoisotopic (exact) mass is 274 g/mol. The summed E-state index contributed by atoms with van der Waals surface area (Å²) in [6.07, 6.45) is -2.46. The normalized spacial score (nSPS) is 17.8. The predicted octanol–water partition coefficient (Wildman–Crippen LogP) is 2.30. The van der Waals surface area contributed by atoms with Crippen LogP contribution in [0, 0.1) is 0 Å². The largest absolute Gasteiger partial charge is 0.416 e. The molecule has 1 atom stereocenters. The van der Waals surface area contributed by atoms with E-state index >= 15 is 0 Å². The zero-order valence-electron chi connectivity index (χ0n) is 10.5. The highest BCUT2D eigenvalue weighted by atomic mass is 19.4. The second kappa shape index (κ2) is 5.38. The number of hydrogen-bond donors (Lipinski definition) is 2. The summed E-state index contributed by atoms with van der Waals surface area (Å²) in [7, 11) is 0. The zero-order valence-corrected chi connectivity index (χ0v) is 10.5. The fraction of sp³-hybridized carbons (Fsp3) is 0.538. The highest BCUT2D eigenvalue weighted by molar-refractivity contribution is 5.53. The van der Waals surface area contributed by atoms with E-state index in [1.54, 1.807) is 6.07 Å². The highest BCUT2D eigenvalue weighted by Crippen LogP contribution is 2.37. The summed E-state index contributed by atoms with van der Waals surface area (Å²) in [5, 5.41) is 8.96. The topological polar surface area (TPSA) is 49.5 Å². The molecule has 106 valence electrons. The molecule has 1 aliphatic heterocycles. The maximum Gasteiger partial charge on any atom is 0.416 e. The smallest absolute Gasteiger partial charge is 0.394 e. The molecule has 1 fully saturated rings. The maximum atomic E-state index is 13.1. The zero-order chi connectivity index (χ0) is 14.0. The van der Waals surface area contributed by atoms with E-state index in [2.05, 4.69) is 0 Å². The van der Waals surface area contributed by atoms with Gasteiger partial charge in [0.15, 0.2) is 0 Å². The number of hydrogen-bond acceptors (Lipinski definition) is 3. The van der Waals surface area contributed by atoms with Crippen molar-refractivity contribution in [2.24, 2.45) is 5.73 Å². The number of benzene rings is 1. The minimum absolute atomic E-state index is 0.0575. The van der Waals surface area contributed by atoms with Crippen molar-refractivity contribution in [2.45, 2.75) is 25.1 Å². The molecule has 0 aliphatic carbocycles. The van der Waals surface area contributed by atoms with E-state index in [4.69, 9.17) is 10.8 Å². The van der Waals surface area contributed by atoms with E-state index < -0.39 is 24.4 Å². The van der Waals surface area contributed by atoms with Gasteiger partial charge in [0.1, 0.15) is 0 Å². The van der Waals surface area contributed by atoms with E-state index in [9.17, 15) is 13.2 Å². The quantitative estimate of drug-likeness (QED) is 0.889. The third kappa shape index (κ3) is 3.01. The van der Waals surface area contributed by atoms with Crippen LogP contribution in [0.5, 0.6) is 0 Å². The van der Waals surface area contributed by atoms with Crippen LogP contribution in [0.15, 0.2) is 18.2 Å². The van der Waals surface area contributed by atoms with Crippen molar-refractivity contribution in [3.63, 3.8) is 0 Å². The van der Waals surface area contributed by atoms with Crippen LogP contribution >= 0.6 is 0 Å². The Morgan fingerprint density at radius 1 is 1.26 bits per heavy atom. The number of halogens is 3. The van der Waals surface area contributed by atoms with Crippen molar-refractivity contribution < 1.29 is 18.3 Å². The van der Waals surface area contributed by atoms with Crippen LogP contribution in [0.25, 0.3) is 0 Å². The Hall–Kier alpha value is -1.27. The van der Waals surface area contributed by atoms with Gasteiger partial charge in [0.05, 0.1) is 18.2 Å². The van der Waals surface area contributed by atoms with Crippen LogP contribution in [-0.2, 0) is 6.18 Å². The molecule has 1 aromatic carbocycles. The number of rotatable bonds is 3. The van der Waals surface area contributed by atoms with Gasteiger partial charge in [0, 0.05) is 18.8 Å². The summed E-state index contributed by atoms with van der Waals surface area (Å²) < 4.78 is 39.2. The van der Waals surface area contributed by atoms with Crippen molar-refractivity contribution in [3.05, 3.63) is 29.3 Å². The molecule has 0 spiro atoms. The molecule has 19 heavy (non-hydrogen) atoms. The van der Waals surface area contributed by atoms with Gasteiger partial charge in [-0.1, -0.05) is 6.07 Å². The SMILES string of the molecule is N[C@@H](CO)c1ccc(N2CCCC2)cc1C(F)(F)F. The molecule has 2 rings (SSSR count). The number of nitrogens with zero attached hydrogens (tertiary/aromatic N) is 1. The van der Waals surface area contributed by atoms with Crippen molar-refractivity contribution in [1.82, 2.24) is 0 Å². The van der Waals surface area contributed by atoms with Gasteiger partial charge in [-0.2, -0.15) is 13.2 Å². The van der Waals surface area contributed by atoms with Crippen LogP contribution in [-0.4, -0.2) is 24.8 Å². The van der Waals surface area contributed by atoms with Gasteiger partial charge in [0.2, 0.25) is 0 Å². The minimum atomic E-state index is -4.46. The number of aliphatic hydroxyl groups is 1. The van der Waals surface area contributed by atoms with Crippen molar-refractivity contribution in [1.29, 1.82) is 0 Å². The minimum Gasteiger partial charge on any atom is -0.394 e. The van der Waals surface area contributed by atoms with Gasteiger partial charge in [-0.3, -0.25) is 0 Å². The molecule has 3 N–H and O–H groups in total. The third-order valence-electron chi connectivity index (χ3n) is 3.41. The fourth-order valence-electron chi connectivity index (χ4n) is 2.38. The van der Waals surface area contributed by atoms with Crippen molar-refractivity contribution in [3.8, 4) is 0 Å². The lowest BCUT2D eigenvalue weighted by Crippen LogP contribution is -2.22. The van der Waals surface area contributed by atoms with Crippen LogP contribution in [0.4, 0.5) is 18.9 Å². The van der Waals surface area contributed by atoms with E-state index in [0.717, 1.165) is 32.0 Å². The highest BCUT2D eigenvalue weighted by Gasteiger charge is 2.35. The van der Waals surface area contributed by atoms with E-state index in [1.807, 2.05) is 4.90 Å². The van der Waals surface area contributed by atoms with Crippen molar-refractivity contribution in [2.75, 3.05) is 24.6 Å². The third-order valence-corrected chi connectivity index (χ3v) is 3.41. The van der Waals surface area contributed by atoms with Gasteiger partial charge < -0.3 is 15.7 Å². The second-order valence-electron chi connectivity index (χ2n) is 4.75. The van der Waals surface area contributed by atoms with Gasteiger partial charge in [-0.15, -0.1) is 0 Å². The molecule has 0 unspecified atom stereocenters. The lowest BCUT2D eigenvalue weighted by Gasteiger charge is -2.22. The summed E-state index contributed by atoms with van der Waals surface area (Å²) in [4.78, 5) is 1.93. The van der Waals surface area contributed by atoms with Crippen LogP contribution in [0.1, 0.15) is 30.0 Å². The molecule has 0 radical (unpaired) electrons. The Labute approximate surface area is 109 Å². The Bertz CT molecular complexity index is 442. The number of aliphatic hydroxyl groups excluding tert-OH is 1. The van der Waals surface area contributed by atoms with Gasteiger partial charge in [-0.05, 0) is 30.5 Å². The lowest BCUT2D eigenvalue weighted by molar-refractivity contribution is -0.138. The first-order chi connectivity index (χ1) is 8.93. The standard InChI is InChI=1S/C13H17F3N2O/c14-13(15,16)11-7-9(18-5-1-2-6-18)3-4-10(11)12(17)8-19/h3-4,7,12,19H,1-2,5-6,8,17H2/t12-/m0/s1. The molecule has 0 bridgehead atoms. The first kappa shape index (κ1) is 14.1. The average Bonchev–Trinajstić information content (AvgIpc) is 2.90. The molecule has 0 aromatic heterocycles. The predicted molar refractivity (Wildman–Crippen MR) is 66.9 cm³/mol. The summed E-state index contributed by atoms with van der Waals surface area (Å²) in [6, 6.07) is 3.14. The second-order valence-corrected chi connectivity index (χ2v) is 4.75. The first-order valence-electron chi connectivity index (χ1n) is 6.26. The Morgan fingerprint density at radius 3 is 2.42 bits per heavy atom. The molecular weight excluding hydrogens is 257 g/mol. The van der Waals surface area contributed by atoms with Crippen LogP contribution in [0.3, 0.4) is 0 Å². The Kier molecular flexibility index (Phi) is 4.01. The van der Waals surface area contributed by atoms with Crippen molar-refractivity contribution >= 4 is 5.69 Å². The molecule has 1 aliphatic rings. The Balaban J connectivity index is 2.41. The molecule has 0 amide bonds. The van der Waals surface area contributed by atoms with E-state index in [-0.39, 0.29) is 5.56 Å². The lowest BCUT2D eigenvalue weighted by atomic mass is 10.00. The molecule has 0 saturated carbocycles. The molecular formula is C13H17F3N2O. The molecule has 6 heteroatoms. The summed E-state index contributed by atoms with van der Waals surface area (Å²) >= 11 is 0. The van der Waals surface area contributed by atoms with Gasteiger partial charge in [0.25, 0.3) is 0 Å². The average molecular weight is 274 g/mol. The maximum absolute atomic E-state index is 13.1. The molecule has 1 heterocycles. The molecule has 1 aromatic rings. The van der Waals surface area contributed by atoms with Gasteiger partial charge >= 0.3 is 6.18 Å². The summed E-state index contributed by atoms with van der Waals surface area (Å²) in [5.74, 6) is 0. The van der Waals surface area contributed by atoms with E-state index in [0.29, 0.717) is 5.69 Å². The number of anilines is 1. The van der Waals surface area contributed by atoms with Crippen LogP contribution < -0.4 is 10.6 Å². The number of nitrogens with two attached hydrogens (primary N) is 1. The first-order valence-corrected chi connectivity index (χ1v) is 6.26. The molecule has 1 saturated heterocycles. The Morgan fingerprint density at radius 2 is 1.89 bits per heavy atom. The van der Waals surface area contributed by atoms with E-state index in [1.165, 1.54) is 6.07 Å². The fourth-order valence-corrected chi connectivity index (χ4v) is 2.38. The molecule has 3 nitrogen and oxygen atoms in total. The van der Waals surface area contributed by atoms with Crippen LogP contribution in [0.2, 0.25) is 0 Å².